The number of benzene rings is 2. The number of hydrogen-bond donors (Lipinski definition) is 0. The monoisotopic (exact) mass is 302 g/mol. The second kappa shape index (κ2) is 6.03. The summed E-state index contributed by atoms with van der Waals surface area (Å²) in [6, 6.07) is 13.5. The molecule has 0 heterocycles. The van der Waals surface area contributed by atoms with E-state index in [9.17, 15) is 13.2 Å². The van der Waals surface area contributed by atoms with Crippen LogP contribution in [0.25, 0.3) is 6.08 Å². The van der Waals surface area contributed by atoms with Gasteiger partial charge in [0.2, 0.25) is 0 Å². The van der Waals surface area contributed by atoms with Crippen LogP contribution >= 0.6 is 0 Å². The summed E-state index contributed by atoms with van der Waals surface area (Å²) < 4.78 is 37.9. The normalized spacial score (nSPS) is 12.0. The molecule has 22 heavy (non-hydrogen) atoms. The second-order valence-electron chi connectivity index (χ2n) is 6.08. The average Bonchev–Trinajstić information content (AvgIpc) is 2.47. The van der Waals surface area contributed by atoms with E-state index in [1.165, 1.54) is 0 Å². The molecule has 0 saturated carbocycles. The number of rotatable bonds is 4. The molecule has 2 aromatic carbocycles. The van der Waals surface area contributed by atoms with Gasteiger partial charge in [0, 0.05) is 0 Å². The first-order valence-electron chi connectivity index (χ1n) is 7.11. The molecule has 2 rings (SSSR count). The summed E-state index contributed by atoms with van der Waals surface area (Å²) in [6.45, 7) is 7.80. The molecule has 0 bridgehead atoms. The summed E-state index contributed by atoms with van der Waals surface area (Å²) in [5, 5.41) is -0.236. The summed E-state index contributed by atoms with van der Waals surface area (Å²) in [6.07, 6.45) is -2.51. The first-order chi connectivity index (χ1) is 10.2. The summed E-state index contributed by atoms with van der Waals surface area (Å²) in [7, 11) is 0.760. The Balaban J connectivity index is 2.20. The molecular weight excluding hydrogens is 284 g/mol. The van der Waals surface area contributed by atoms with Crippen molar-refractivity contribution >= 4 is 18.8 Å². The van der Waals surface area contributed by atoms with Crippen molar-refractivity contribution in [1.82, 2.24) is 0 Å². The van der Waals surface area contributed by atoms with E-state index in [1.807, 2.05) is 38.1 Å². The van der Waals surface area contributed by atoms with Crippen molar-refractivity contribution < 1.29 is 13.2 Å². The summed E-state index contributed by atoms with van der Waals surface area (Å²) in [5.74, 6) is 0. The molecule has 114 valence electrons. The van der Waals surface area contributed by atoms with Gasteiger partial charge in [-0.05, 0) is 28.6 Å². The maximum absolute atomic E-state index is 12.6. The van der Waals surface area contributed by atoms with Gasteiger partial charge in [-0.2, -0.15) is 13.2 Å². The molecule has 0 aliphatic carbocycles. The first-order valence-corrected chi connectivity index (χ1v) is 7.11. The van der Waals surface area contributed by atoms with Gasteiger partial charge >= 0.3 is 6.18 Å². The Kier molecular flexibility index (Phi) is 4.50. The third kappa shape index (κ3) is 3.82. The van der Waals surface area contributed by atoms with E-state index in [1.54, 1.807) is 18.2 Å². The quantitative estimate of drug-likeness (QED) is 0.737. The van der Waals surface area contributed by atoms with Gasteiger partial charge < -0.3 is 0 Å². The van der Waals surface area contributed by atoms with Gasteiger partial charge in [-0.1, -0.05) is 68.4 Å². The lowest BCUT2D eigenvalue weighted by Gasteiger charge is -2.25. The molecular formula is C18H18BF3. The lowest BCUT2D eigenvalue weighted by Crippen LogP contribution is -2.34. The molecule has 0 aromatic heterocycles. The minimum atomic E-state index is -4.29. The van der Waals surface area contributed by atoms with Crippen LogP contribution < -0.4 is 5.46 Å². The zero-order valence-corrected chi connectivity index (χ0v) is 12.7. The molecule has 0 radical (unpaired) electrons. The van der Waals surface area contributed by atoms with E-state index < -0.39 is 11.7 Å². The van der Waals surface area contributed by atoms with E-state index in [4.69, 9.17) is 0 Å². The van der Waals surface area contributed by atoms with Crippen LogP contribution in [0.2, 0.25) is 0 Å². The summed E-state index contributed by atoms with van der Waals surface area (Å²) in [4.78, 5) is 0. The zero-order valence-electron chi connectivity index (χ0n) is 12.7. The molecule has 0 N–H and O–H groups in total. The van der Waals surface area contributed by atoms with Crippen LogP contribution in [-0.2, 0) is 11.5 Å². The van der Waals surface area contributed by atoms with Gasteiger partial charge in [0.05, 0.1) is 5.56 Å². The van der Waals surface area contributed by atoms with E-state index in [0.717, 1.165) is 36.0 Å². The third-order valence-corrected chi connectivity index (χ3v) is 3.86. The van der Waals surface area contributed by atoms with Crippen LogP contribution in [0, 0.1) is 0 Å². The number of halogens is 3. The minimum Gasteiger partial charge on any atom is -0.166 e. The summed E-state index contributed by atoms with van der Waals surface area (Å²) >= 11 is 0. The lowest BCUT2D eigenvalue weighted by atomic mass is 9.48. The van der Waals surface area contributed by atoms with Crippen molar-refractivity contribution in [3.05, 3.63) is 71.8 Å². The van der Waals surface area contributed by atoms with Crippen molar-refractivity contribution in [2.24, 2.45) is 0 Å². The Hall–Kier alpha value is -1.97. The Morgan fingerprint density at radius 3 is 1.82 bits per heavy atom. The highest BCUT2D eigenvalue weighted by Crippen LogP contribution is 2.31. The molecule has 0 fully saturated rings. The zero-order chi connectivity index (χ0) is 16.4. The molecule has 0 aliphatic rings. The van der Waals surface area contributed by atoms with Crippen molar-refractivity contribution in [2.45, 2.75) is 25.3 Å². The lowest BCUT2D eigenvalue weighted by molar-refractivity contribution is -0.137. The third-order valence-electron chi connectivity index (χ3n) is 3.86. The molecule has 0 nitrogen and oxygen atoms in total. The summed E-state index contributed by atoms with van der Waals surface area (Å²) in [5.41, 5.74) is 2.49. The maximum Gasteiger partial charge on any atom is 0.416 e. The average molecular weight is 302 g/mol. The second-order valence-corrected chi connectivity index (χ2v) is 6.08. The van der Waals surface area contributed by atoms with Crippen LogP contribution in [-0.4, -0.2) is 7.28 Å². The molecule has 0 saturated heterocycles. The van der Waals surface area contributed by atoms with Gasteiger partial charge in [-0.3, -0.25) is 0 Å². The topological polar surface area (TPSA) is 0 Å². The molecule has 0 spiro atoms. The van der Waals surface area contributed by atoms with Crippen molar-refractivity contribution in [1.29, 1.82) is 0 Å². The smallest absolute Gasteiger partial charge is 0.166 e. The highest BCUT2D eigenvalue weighted by atomic mass is 19.4. The predicted octanol–water partition coefficient (Wildman–Crippen LogP) is 4.35. The van der Waals surface area contributed by atoms with Crippen LogP contribution in [0.4, 0.5) is 13.2 Å². The van der Waals surface area contributed by atoms with Crippen molar-refractivity contribution in [3.63, 3.8) is 0 Å². The molecule has 2 aromatic rings. The van der Waals surface area contributed by atoms with Gasteiger partial charge in [0.25, 0.3) is 0 Å². The Labute approximate surface area is 129 Å². The molecule has 0 unspecified atom stereocenters. The van der Waals surface area contributed by atoms with Crippen molar-refractivity contribution in [3.8, 4) is 0 Å². The largest absolute Gasteiger partial charge is 0.416 e. The van der Waals surface area contributed by atoms with E-state index in [-0.39, 0.29) is 5.31 Å². The van der Waals surface area contributed by atoms with E-state index in [0.29, 0.717) is 0 Å². The Bertz CT molecular complexity index is 638. The fourth-order valence-corrected chi connectivity index (χ4v) is 2.49. The highest BCUT2D eigenvalue weighted by molar-refractivity contribution is 6.56. The molecule has 4 heteroatoms. The van der Waals surface area contributed by atoms with E-state index in [2.05, 4.69) is 6.58 Å². The van der Waals surface area contributed by atoms with Crippen LogP contribution in [0.3, 0.4) is 0 Å². The van der Waals surface area contributed by atoms with Gasteiger partial charge in [0.15, 0.2) is 7.28 Å². The first kappa shape index (κ1) is 16.4. The van der Waals surface area contributed by atoms with Crippen LogP contribution in [0.15, 0.2) is 55.1 Å². The standard InChI is InChI=1S/C18H18BF3/c1-4-13-5-11-16(12-6-13)19-17(2,3)14-7-9-15(10-8-14)18(20,21)22/h4-12,19H,1H2,2-3H3. The SMILES string of the molecule is C=Cc1ccc(BC(C)(C)c2ccc(C(F)(F)F)cc2)cc1. The van der Waals surface area contributed by atoms with Gasteiger partial charge in [-0.25, -0.2) is 0 Å². The number of alkyl halides is 3. The predicted molar refractivity (Wildman–Crippen MR) is 87.8 cm³/mol. The maximum atomic E-state index is 12.6. The van der Waals surface area contributed by atoms with Crippen LogP contribution in [0.1, 0.15) is 30.5 Å². The van der Waals surface area contributed by atoms with E-state index >= 15 is 0 Å². The van der Waals surface area contributed by atoms with Gasteiger partial charge in [0.1, 0.15) is 0 Å². The minimum absolute atomic E-state index is 0.236. The Morgan fingerprint density at radius 1 is 0.864 bits per heavy atom. The number of hydrogen-bond acceptors (Lipinski definition) is 0. The Morgan fingerprint density at radius 2 is 1.36 bits per heavy atom. The fraction of sp³-hybridized carbons (Fsp3) is 0.222. The molecule has 0 amide bonds. The molecule has 0 atom stereocenters. The van der Waals surface area contributed by atoms with Crippen molar-refractivity contribution in [2.75, 3.05) is 0 Å². The highest BCUT2D eigenvalue weighted by Gasteiger charge is 2.31. The van der Waals surface area contributed by atoms with Crippen LogP contribution in [0.5, 0.6) is 0 Å². The fourth-order valence-electron chi connectivity index (χ4n) is 2.49. The van der Waals surface area contributed by atoms with Gasteiger partial charge in [-0.15, -0.1) is 0 Å². The molecule has 0 aliphatic heterocycles.